The van der Waals surface area contributed by atoms with Gasteiger partial charge in [0.2, 0.25) is 0 Å². The largest absolute Gasteiger partial charge is 0.493 e. The predicted molar refractivity (Wildman–Crippen MR) is 61.4 cm³/mol. The van der Waals surface area contributed by atoms with Crippen LogP contribution in [0.2, 0.25) is 0 Å². The van der Waals surface area contributed by atoms with Crippen LogP contribution in [0.5, 0.6) is 5.75 Å². The smallest absolute Gasteiger partial charge is 0.125 e. The van der Waals surface area contributed by atoms with Crippen LogP contribution in [0.1, 0.15) is 11.4 Å². The fraction of sp³-hybridized carbons (Fsp3) is 0.231. The number of benzene rings is 1. The summed E-state index contributed by atoms with van der Waals surface area (Å²) in [5.41, 5.74) is 3.49. The molecule has 0 atom stereocenters. The number of ether oxygens (including phenoxy) is 1. The van der Waals surface area contributed by atoms with Crippen LogP contribution in [-0.4, -0.2) is 16.6 Å². The fourth-order valence-electron chi connectivity index (χ4n) is 1.91. The van der Waals surface area contributed by atoms with Crippen LogP contribution in [-0.2, 0) is 6.42 Å². The fourth-order valence-corrected chi connectivity index (χ4v) is 1.91. The zero-order valence-corrected chi connectivity index (χ0v) is 9.10. The highest BCUT2D eigenvalue weighted by Crippen LogP contribution is 2.29. The minimum atomic E-state index is 0.795. The Morgan fingerprint density at radius 2 is 1.94 bits per heavy atom. The number of rotatable bonds is 1. The molecule has 3 rings (SSSR count). The van der Waals surface area contributed by atoms with E-state index in [-0.39, 0.29) is 0 Å². The molecule has 0 saturated heterocycles. The summed E-state index contributed by atoms with van der Waals surface area (Å²) in [7, 11) is 0. The average molecular weight is 212 g/mol. The van der Waals surface area contributed by atoms with E-state index in [1.807, 2.05) is 25.4 Å². The summed E-state index contributed by atoms with van der Waals surface area (Å²) < 4.78 is 5.48. The van der Waals surface area contributed by atoms with Crippen LogP contribution < -0.4 is 4.74 Å². The lowest BCUT2D eigenvalue weighted by Crippen LogP contribution is -1.88. The zero-order chi connectivity index (χ0) is 11.0. The molecule has 0 N–H and O–H groups in total. The topological polar surface area (TPSA) is 35.0 Å². The van der Waals surface area contributed by atoms with Gasteiger partial charge in [-0.05, 0) is 30.2 Å². The van der Waals surface area contributed by atoms with E-state index in [4.69, 9.17) is 4.74 Å². The lowest BCUT2D eigenvalue weighted by molar-refractivity contribution is 0.357. The number of aryl methyl sites for hydroxylation is 1. The molecule has 80 valence electrons. The van der Waals surface area contributed by atoms with Gasteiger partial charge in [-0.15, -0.1) is 0 Å². The molecule has 0 bridgehead atoms. The number of hydrogen-bond donors (Lipinski definition) is 0. The Balaban J connectivity index is 2.03. The molecule has 0 unspecified atom stereocenters. The van der Waals surface area contributed by atoms with Crippen molar-refractivity contribution in [3.63, 3.8) is 0 Å². The first-order valence-electron chi connectivity index (χ1n) is 5.38. The minimum Gasteiger partial charge on any atom is -0.493 e. The quantitative estimate of drug-likeness (QED) is 0.728. The van der Waals surface area contributed by atoms with Crippen LogP contribution >= 0.6 is 0 Å². The maximum atomic E-state index is 5.48. The molecule has 16 heavy (non-hydrogen) atoms. The lowest BCUT2D eigenvalue weighted by atomic mass is 10.0. The first-order valence-corrected chi connectivity index (χ1v) is 5.38. The van der Waals surface area contributed by atoms with Gasteiger partial charge in [-0.2, -0.15) is 0 Å². The van der Waals surface area contributed by atoms with Gasteiger partial charge in [0.1, 0.15) is 11.6 Å². The molecule has 0 amide bonds. The van der Waals surface area contributed by atoms with E-state index in [0.29, 0.717) is 0 Å². The van der Waals surface area contributed by atoms with Crippen LogP contribution in [0.3, 0.4) is 0 Å². The molecule has 2 heterocycles. The van der Waals surface area contributed by atoms with E-state index >= 15 is 0 Å². The number of hydrogen-bond acceptors (Lipinski definition) is 3. The summed E-state index contributed by atoms with van der Waals surface area (Å²) in [6.45, 7) is 2.68. The van der Waals surface area contributed by atoms with Crippen molar-refractivity contribution < 1.29 is 4.74 Å². The molecule has 2 aromatic rings. The van der Waals surface area contributed by atoms with Crippen molar-refractivity contribution in [3.8, 4) is 16.9 Å². The van der Waals surface area contributed by atoms with Gasteiger partial charge in [0.15, 0.2) is 0 Å². The van der Waals surface area contributed by atoms with Crippen molar-refractivity contribution in [1.29, 1.82) is 0 Å². The zero-order valence-electron chi connectivity index (χ0n) is 9.10. The third-order valence-electron chi connectivity index (χ3n) is 2.80. The third kappa shape index (κ3) is 1.54. The molecule has 3 nitrogen and oxygen atoms in total. The summed E-state index contributed by atoms with van der Waals surface area (Å²) >= 11 is 0. The number of nitrogens with zero attached hydrogens (tertiary/aromatic N) is 2. The molecule has 3 heteroatoms. The Morgan fingerprint density at radius 3 is 2.75 bits per heavy atom. The van der Waals surface area contributed by atoms with E-state index in [1.165, 1.54) is 5.56 Å². The molecule has 1 aliphatic heterocycles. The van der Waals surface area contributed by atoms with Crippen LogP contribution in [0, 0.1) is 6.92 Å². The standard InChI is InChI=1S/C13H12N2O/c1-9-14-7-12(8-15-9)10-2-3-13-11(6-10)4-5-16-13/h2-3,6-8H,4-5H2,1H3. The van der Waals surface area contributed by atoms with Crippen LogP contribution in [0.25, 0.3) is 11.1 Å². The second-order valence-corrected chi connectivity index (χ2v) is 3.94. The molecule has 1 aromatic heterocycles. The lowest BCUT2D eigenvalue weighted by Gasteiger charge is -2.03. The summed E-state index contributed by atoms with van der Waals surface area (Å²) in [5, 5.41) is 0. The molecular weight excluding hydrogens is 200 g/mol. The average Bonchev–Trinajstić information content (AvgIpc) is 2.77. The van der Waals surface area contributed by atoms with Crippen LogP contribution in [0.15, 0.2) is 30.6 Å². The van der Waals surface area contributed by atoms with Gasteiger partial charge in [-0.1, -0.05) is 6.07 Å². The van der Waals surface area contributed by atoms with E-state index in [1.54, 1.807) is 0 Å². The highest BCUT2D eigenvalue weighted by Gasteiger charge is 2.12. The van der Waals surface area contributed by atoms with Gasteiger partial charge in [0, 0.05) is 24.4 Å². The molecule has 0 saturated carbocycles. The predicted octanol–water partition coefficient (Wildman–Crippen LogP) is 2.39. The molecule has 0 aliphatic carbocycles. The van der Waals surface area contributed by atoms with Gasteiger partial charge in [0.25, 0.3) is 0 Å². The van der Waals surface area contributed by atoms with Crippen molar-refractivity contribution in [2.24, 2.45) is 0 Å². The molecule has 0 spiro atoms. The van der Waals surface area contributed by atoms with Crippen molar-refractivity contribution in [3.05, 3.63) is 42.0 Å². The summed E-state index contributed by atoms with van der Waals surface area (Å²) in [4.78, 5) is 8.41. The van der Waals surface area contributed by atoms with Gasteiger partial charge in [0.05, 0.1) is 6.61 Å². The SMILES string of the molecule is Cc1ncc(-c2ccc3c(c2)CCO3)cn1. The highest BCUT2D eigenvalue weighted by molar-refractivity contribution is 5.64. The third-order valence-corrected chi connectivity index (χ3v) is 2.80. The molecule has 0 radical (unpaired) electrons. The number of aromatic nitrogens is 2. The summed E-state index contributed by atoms with van der Waals surface area (Å²) in [6.07, 6.45) is 4.72. The summed E-state index contributed by atoms with van der Waals surface area (Å²) in [5.74, 6) is 1.81. The van der Waals surface area contributed by atoms with Gasteiger partial charge >= 0.3 is 0 Å². The van der Waals surface area contributed by atoms with Gasteiger partial charge in [-0.25, -0.2) is 9.97 Å². The molecule has 0 fully saturated rings. The Labute approximate surface area is 94.1 Å². The second-order valence-electron chi connectivity index (χ2n) is 3.94. The van der Waals surface area contributed by atoms with Gasteiger partial charge in [-0.3, -0.25) is 0 Å². The first kappa shape index (κ1) is 9.33. The molecule has 1 aromatic carbocycles. The van der Waals surface area contributed by atoms with E-state index in [2.05, 4.69) is 22.1 Å². The maximum absolute atomic E-state index is 5.48. The minimum absolute atomic E-state index is 0.795. The Kier molecular flexibility index (Phi) is 2.10. The van der Waals surface area contributed by atoms with E-state index in [9.17, 15) is 0 Å². The molecule has 1 aliphatic rings. The Morgan fingerprint density at radius 1 is 1.12 bits per heavy atom. The first-order chi connectivity index (χ1) is 7.83. The van der Waals surface area contributed by atoms with Gasteiger partial charge < -0.3 is 4.74 Å². The van der Waals surface area contributed by atoms with Crippen molar-refractivity contribution >= 4 is 0 Å². The Hall–Kier alpha value is -1.90. The van der Waals surface area contributed by atoms with E-state index < -0.39 is 0 Å². The van der Waals surface area contributed by atoms with Crippen molar-refractivity contribution in [2.75, 3.05) is 6.61 Å². The maximum Gasteiger partial charge on any atom is 0.125 e. The van der Waals surface area contributed by atoms with Crippen LogP contribution in [0.4, 0.5) is 0 Å². The van der Waals surface area contributed by atoms with Crippen molar-refractivity contribution in [1.82, 2.24) is 9.97 Å². The molecular formula is C13H12N2O. The monoisotopic (exact) mass is 212 g/mol. The second kappa shape index (κ2) is 3.59. The summed E-state index contributed by atoms with van der Waals surface area (Å²) in [6, 6.07) is 6.24. The number of fused-ring (bicyclic) bond motifs is 1. The normalized spacial score (nSPS) is 13.3. The van der Waals surface area contributed by atoms with Crippen molar-refractivity contribution in [2.45, 2.75) is 13.3 Å². The highest BCUT2D eigenvalue weighted by atomic mass is 16.5. The Bertz CT molecular complexity index is 520. The van der Waals surface area contributed by atoms with E-state index in [0.717, 1.165) is 35.7 Å².